The van der Waals surface area contributed by atoms with Crippen molar-refractivity contribution in [1.29, 1.82) is 0 Å². The van der Waals surface area contributed by atoms with Crippen LogP contribution in [-0.2, 0) is 19.6 Å². The first kappa shape index (κ1) is 21.4. The molecule has 0 saturated heterocycles. The summed E-state index contributed by atoms with van der Waals surface area (Å²) < 4.78 is 31.5. The normalized spacial score (nSPS) is 11.1. The van der Waals surface area contributed by atoms with E-state index in [1.54, 1.807) is 30.3 Å². The first-order valence-electron chi connectivity index (χ1n) is 8.63. The summed E-state index contributed by atoms with van der Waals surface area (Å²) in [4.78, 5) is 23.5. The van der Waals surface area contributed by atoms with E-state index >= 15 is 0 Å². The Hall–Kier alpha value is -2.91. The summed E-state index contributed by atoms with van der Waals surface area (Å²) in [7, 11) is -3.80. The van der Waals surface area contributed by atoms with Crippen LogP contribution in [0.1, 0.15) is 25.3 Å². The molecule has 0 unspecified atom stereocenters. The zero-order chi connectivity index (χ0) is 20.6. The molecular formula is C19H23N3O5S. The Kier molecular flexibility index (Phi) is 7.53. The largest absolute Gasteiger partial charge is 0.484 e. The second-order valence-electron chi connectivity index (χ2n) is 6.25. The third kappa shape index (κ3) is 6.67. The molecule has 2 rings (SSSR count). The van der Waals surface area contributed by atoms with Crippen molar-refractivity contribution in [3.8, 4) is 5.75 Å². The molecule has 2 aromatic carbocycles. The molecule has 0 bridgehead atoms. The van der Waals surface area contributed by atoms with Crippen LogP contribution in [0, 0.1) is 0 Å². The van der Waals surface area contributed by atoms with Crippen LogP contribution in [-0.4, -0.2) is 33.4 Å². The monoisotopic (exact) mass is 405 g/mol. The van der Waals surface area contributed by atoms with Crippen molar-refractivity contribution in [2.45, 2.75) is 24.7 Å². The average molecular weight is 405 g/mol. The van der Waals surface area contributed by atoms with Crippen LogP contribution in [0.5, 0.6) is 5.75 Å². The number of hydrogen-bond donors (Lipinski definition) is 3. The van der Waals surface area contributed by atoms with Crippen molar-refractivity contribution in [3.63, 3.8) is 0 Å². The van der Waals surface area contributed by atoms with Crippen molar-refractivity contribution in [1.82, 2.24) is 15.6 Å². The molecule has 9 heteroatoms. The number of benzene rings is 2. The lowest BCUT2D eigenvalue weighted by molar-refractivity contribution is -0.129. The van der Waals surface area contributed by atoms with Gasteiger partial charge in [0, 0.05) is 0 Å². The smallest absolute Gasteiger partial charge is 0.276 e. The molecule has 2 amide bonds. The Morgan fingerprint density at radius 2 is 1.54 bits per heavy atom. The molecule has 0 spiro atoms. The molecule has 0 aromatic heterocycles. The Morgan fingerprint density at radius 3 is 2.14 bits per heavy atom. The number of hydrazine groups is 1. The molecular weight excluding hydrogens is 382 g/mol. The van der Waals surface area contributed by atoms with E-state index in [0.717, 1.165) is 5.56 Å². The van der Waals surface area contributed by atoms with E-state index in [0.29, 0.717) is 11.7 Å². The van der Waals surface area contributed by atoms with Crippen molar-refractivity contribution >= 4 is 21.8 Å². The van der Waals surface area contributed by atoms with E-state index in [1.807, 2.05) is 12.1 Å². The van der Waals surface area contributed by atoms with Crippen LogP contribution >= 0.6 is 0 Å². The molecule has 0 aliphatic rings. The Bertz CT molecular complexity index is 897. The van der Waals surface area contributed by atoms with Crippen LogP contribution in [0.25, 0.3) is 0 Å². The Morgan fingerprint density at radius 1 is 0.929 bits per heavy atom. The van der Waals surface area contributed by atoms with Gasteiger partial charge in [0.1, 0.15) is 5.75 Å². The first-order valence-corrected chi connectivity index (χ1v) is 10.1. The van der Waals surface area contributed by atoms with Gasteiger partial charge in [0.2, 0.25) is 10.0 Å². The fourth-order valence-electron chi connectivity index (χ4n) is 2.16. The lowest BCUT2D eigenvalue weighted by Crippen LogP contribution is -2.47. The van der Waals surface area contributed by atoms with Crippen molar-refractivity contribution in [3.05, 3.63) is 60.2 Å². The summed E-state index contributed by atoms with van der Waals surface area (Å²) in [5, 5.41) is 0. The highest BCUT2D eigenvalue weighted by molar-refractivity contribution is 7.89. The number of rotatable bonds is 8. The number of carbonyl (C=O) groups is 2. The van der Waals surface area contributed by atoms with E-state index in [2.05, 4.69) is 29.4 Å². The summed E-state index contributed by atoms with van der Waals surface area (Å²) in [6.45, 7) is 3.34. The van der Waals surface area contributed by atoms with Crippen LogP contribution in [0.15, 0.2) is 59.5 Å². The lowest BCUT2D eigenvalue weighted by atomic mass is 10.0. The molecule has 2 aromatic rings. The SMILES string of the molecule is CC(C)c1ccc(OCC(=O)NNC(=O)CNS(=O)(=O)c2ccccc2)cc1. The highest BCUT2D eigenvalue weighted by atomic mass is 32.2. The first-order chi connectivity index (χ1) is 13.3. The number of carbonyl (C=O) groups excluding carboxylic acids is 2. The van der Waals surface area contributed by atoms with Crippen LogP contribution in [0.2, 0.25) is 0 Å². The maximum atomic E-state index is 12.0. The van der Waals surface area contributed by atoms with Gasteiger partial charge in [-0.15, -0.1) is 0 Å². The molecule has 28 heavy (non-hydrogen) atoms. The number of sulfonamides is 1. The lowest BCUT2D eigenvalue weighted by Gasteiger charge is -2.10. The molecule has 150 valence electrons. The van der Waals surface area contributed by atoms with Crippen LogP contribution < -0.4 is 20.3 Å². The summed E-state index contributed by atoms with van der Waals surface area (Å²) in [5.41, 5.74) is 5.44. The van der Waals surface area contributed by atoms with Gasteiger partial charge in [0.25, 0.3) is 11.8 Å². The van der Waals surface area contributed by atoms with E-state index in [-0.39, 0.29) is 11.5 Å². The molecule has 3 N–H and O–H groups in total. The maximum Gasteiger partial charge on any atom is 0.276 e. The molecule has 0 aliphatic heterocycles. The molecule has 0 atom stereocenters. The molecule has 8 nitrogen and oxygen atoms in total. The predicted molar refractivity (Wildman–Crippen MR) is 104 cm³/mol. The molecule has 0 heterocycles. The van der Waals surface area contributed by atoms with Gasteiger partial charge in [-0.2, -0.15) is 0 Å². The van der Waals surface area contributed by atoms with Crippen LogP contribution in [0.4, 0.5) is 0 Å². The quantitative estimate of drug-likeness (QED) is 0.573. The zero-order valence-electron chi connectivity index (χ0n) is 15.6. The predicted octanol–water partition coefficient (Wildman–Crippen LogP) is 1.31. The van der Waals surface area contributed by atoms with Gasteiger partial charge in [0.05, 0.1) is 11.4 Å². The molecule has 0 radical (unpaired) electrons. The van der Waals surface area contributed by atoms with Gasteiger partial charge in [-0.1, -0.05) is 44.2 Å². The van der Waals surface area contributed by atoms with Gasteiger partial charge in [0.15, 0.2) is 6.61 Å². The topological polar surface area (TPSA) is 114 Å². The molecule has 0 saturated carbocycles. The third-order valence-electron chi connectivity index (χ3n) is 3.73. The van der Waals surface area contributed by atoms with E-state index in [4.69, 9.17) is 4.74 Å². The van der Waals surface area contributed by atoms with Crippen molar-refractivity contribution < 1.29 is 22.7 Å². The van der Waals surface area contributed by atoms with Gasteiger partial charge in [-0.3, -0.25) is 20.4 Å². The standard InChI is InChI=1S/C19H23N3O5S/c1-14(2)15-8-10-16(11-9-15)27-13-19(24)22-21-18(23)12-20-28(25,26)17-6-4-3-5-7-17/h3-11,14,20H,12-13H2,1-2H3,(H,21,23)(H,22,24). The Labute approximate surface area is 164 Å². The van der Waals surface area contributed by atoms with Gasteiger partial charge >= 0.3 is 0 Å². The number of nitrogens with one attached hydrogen (secondary N) is 3. The van der Waals surface area contributed by atoms with E-state index in [9.17, 15) is 18.0 Å². The number of ether oxygens (including phenoxy) is 1. The van der Waals surface area contributed by atoms with Gasteiger partial charge in [-0.25, -0.2) is 13.1 Å². The number of hydrogen-bond acceptors (Lipinski definition) is 5. The average Bonchev–Trinajstić information content (AvgIpc) is 2.70. The highest BCUT2D eigenvalue weighted by Crippen LogP contribution is 2.18. The summed E-state index contributed by atoms with van der Waals surface area (Å²) in [5.74, 6) is -0.366. The maximum absolute atomic E-state index is 12.0. The van der Waals surface area contributed by atoms with Gasteiger partial charge < -0.3 is 4.74 Å². The minimum Gasteiger partial charge on any atom is -0.484 e. The van der Waals surface area contributed by atoms with Crippen molar-refractivity contribution in [2.24, 2.45) is 0 Å². The summed E-state index contributed by atoms with van der Waals surface area (Å²) in [6.07, 6.45) is 0. The van der Waals surface area contributed by atoms with E-state index in [1.165, 1.54) is 12.1 Å². The van der Waals surface area contributed by atoms with Gasteiger partial charge in [-0.05, 0) is 35.7 Å². The Balaban J connectivity index is 1.71. The minimum atomic E-state index is -3.80. The molecule has 0 fully saturated rings. The summed E-state index contributed by atoms with van der Waals surface area (Å²) >= 11 is 0. The van der Waals surface area contributed by atoms with Crippen LogP contribution in [0.3, 0.4) is 0 Å². The summed E-state index contributed by atoms with van der Waals surface area (Å²) in [6, 6.07) is 15.0. The third-order valence-corrected chi connectivity index (χ3v) is 5.15. The highest BCUT2D eigenvalue weighted by Gasteiger charge is 2.15. The number of amides is 2. The molecule has 0 aliphatic carbocycles. The minimum absolute atomic E-state index is 0.0451. The second kappa shape index (κ2) is 9.86. The second-order valence-corrected chi connectivity index (χ2v) is 8.01. The van der Waals surface area contributed by atoms with E-state index < -0.39 is 28.4 Å². The zero-order valence-corrected chi connectivity index (χ0v) is 16.5. The fourth-order valence-corrected chi connectivity index (χ4v) is 3.16. The van der Waals surface area contributed by atoms with Crippen molar-refractivity contribution in [2.75, 3.05) is 13.2 Å². The fraction of sp³-hybridized carbons (Fsp3) is 0.263.